The van der Waals surface area contributed by atoms with Crippen LogP contribution in [-0.2, 0) is 11.3 Å². The van der Waals surface area contributed by atoms with Crippen molar-refractivity contribution in [3.05, 3.63) is 29.6 Å². The van der Waals surface area contributed by atoms with Crippen molar-refractivity contribution < 1.29 is 9.18 Å². The monoisotopic (exact) mass is 253 g/mol. The van der Waals surface area contributed by atoms with E-state index in [1.54, 1.807) is 11.0 Å². The molecule has 0 heterocycles. The molecule has 0 atom stereocenters. The molecule has 0 saturated carbocycles. The molecule has 0 unspecified atom stereocenters. The summed E-state index contributed by atoms with van der Waals surface area (Å²) in [5, 5.41) is 3.13. The second-order valence-electron chi connectivity index (χ2n) is 4.05. The van der Waals surface area contributed by atoms with Gasteiger partial charge in [-0.15, -0.1) is 0 Å². The van der Waals surface area contributed by atoms with Crippen LogP contribution in [0.25, 0.3) is 0 Å². The number of nitrogens with zero attached hydrogens (tertiary/aromatic N) is 1. The molecule has 3 N–H and O–H groups in total. The quantitative estimate of drug-likeness (QED) is 0.769. The predicted octanol–water partition coefficient (Wildman–Crippen LogP) is 1.25. The summed E-state index contributed by atoms with van der Waals surface area (Å²) in [6, 6.07) is 5.03. The molecular formula is C13H20FN3O. The lowest BCUT2D eigenvalue weighted by Gasteiger charge is -2.22. The average Bonchev–Trinajstić information content (AvgIpc) is 2.33. The Hall–Kier alpha value is -1.62. The van der Waals surface area contributed by atoms with Gasteiger partial charge in [0, 0.05) is 13.1 Å². The second kappa shape index (κ2) is 6.96. The van der Waals surface area contributed by atoms with Crippen LogP contribution in [0.2, 0.25) is 0 Å². The van der Waals surface area contributed by atoms with E-state index in [-0.39, 0.29) is 12.4 Å². The summed E-state index contributed by atoms with van der Waals surface area (Å²) in [4.78, 5) is 12.5. The van der Waals surface area contributed by atoms with Crippen molar-refractivity contribution in [3.63, 3.8) is 0 Å². The highest BCUT2D eigenvalue weighted by molar-refractivity contribution is 5.79. The highest BCUT2D eigenvalue weighted by atomic mass is 19.1. The minimum absolute atomic E-state index is 0.0278. The van der Waals surface area contributed by atoms with Gasteiger partial charge in [0.1, 0.15) is 5.82 Å². The van der Waals surface area contributed by atoms with Gasteiger partial charge in [-0.05, 0) is 31.2 Å². The maximum absolute atomic E-state index is 13.9. The van der Waals surface area contributed by atoms with Crippen LogP contribution in [0.1, 0.15) is 19.4 Å². The number of carbonyl (C=O) groups excluding carboxylic acids is 1. The van der Waals surface area contributed by atoms with Gasteiger partial charge in [-0.1, -0.05) is 13.0 Å². The van der Waals surface area contributed by atoms with Gasteiger partial charge < -0.3 is 16.0 Å². The normalized spacial score (nSPS) is 10.4. The minimum atomic E-state index is -0.465. The summed E-state index contributed by atoms with van der Waals surface area (Å²) in [6.07, 6.45) is 0. The molecular weight excluding hydrogens is 233 g/mol. The van der Waals surface area contributed by atoms with Crippen molar-refractivity contribution in [3.8, 4) is 0 Å². The first kappa shape index (κ1) is 14.4. The van der Waals surface area contributed by atoms with Crippen molar-refractivity contribution in [1.82, 2.24) is 5.32 Å². The lowest BCUT2D eigenvalue weighted by atomic mass is 10.1. The Kier molecular flexibility index (Phi) is 5.58. The second-order valence-corrected chi connectivity index (χ2v) is 4.05. The molecule has 100 valence electrons. The van der Waals surface area contributed by atoms with Crippen molar-refractivity contribution >= 4 is 11.6 Å². The van der Waals surface area contributed by atoms with E-state index in [2.05, 4.69) is 5.32 Å². The lowest BCUT2D eigenvalue weighted by molar-refractivity contribution is -0.116. The van der Waals surface area contributed by atoms with Crippen LogP contribution in [-0.4, -0.2) is 25.5 Å². The Morgan fingerprint density at radius 2 is 2.17 bits per heavy atom. The summed E-state index contributed by atoms with van der Waals surface area (Å²) in [5.74, 6) is -0.790. The largest absolute Gasteiger partial charge is 0.368 e. The zero-order valence-corrected chi connectivity index (χ0v) is 10.9. The molecule has 0 fully saturated rings. The van der Waals surface area contributed by atoms with Gasteiger partial charge in [0.25, 0.3) is 0 Å². The Bertz CT molecular complexity index is 409. The molecule has 5 heteroatoms. The van der Waals surface area contributed by atoms with Gasteiger partial charge in [0.15, 0.2) is 0 Å². The van der Waals surface area contributed by atoms with Gasteiger partial charge in [-0.2, -0.15) is 0 Å². The summed E-state index contributed by atoms with van der Waals surface area (Å²) in [7, 11) is 0. The average molecular weight is 253 g/mol. The zero-order chi connectivity index (χ0) is 13.5. The number of hydrogen-bond donors (Lipinski definition) is 2. The fraction of sp³-hybridized carbons (Fsp3) is 0.462. The molecule has 0 aromatic heterocycles. The molecule has 1 aromatic carbocycles. The molecule has 0 aliphatic heterocycles. The van der Waals surface area contributed by atoms with Gasteiger partial charge >= 0.3 is 0 Å². The molecule has 1 aromatic rings. The summed E-state index contributed by atoms with van der Waals surface area (Å²) < 4.78 is 13.9. The van der Waals surface area contributed by atoms with E-state index in [0.29, 0.717) is 18.8 Å². The van der Waals surface area contributed by atoms with Crippen molar-refractivity contribution in [2.75, 3.05) is 24.5 Å². The van der Waals surface area contributed by atoms with E-state index in [1.807, 2.05) is 19.9 Å². The number of likely N-dealkylation sites (N-methyl/N-ethyl adjacent to an activating group) is 1. The van der Waals surface area contributed by atoms with Crippen LogP contribution in [0.5, 0.6) is 0 Å². The molecule has 0 saturated heterocycles. The fourth-order valence-corrected chi connectivity index (χ4v) is 1.74. The van der Waals surface area contributed by atoms with E-state index in [0.717, 1.165) is 12.1 Å². The highest BCUT2D eigenvalue weighted by Gasteiger charge is 2.12. The number of halogens is 1. The van der Waals surface area contributed by atoms with E-state index in [4.69, 9.17) is 5.73 Å². The van der Waals surface area contributed by atoms with Gasteiger partial charge in [-0.25, -0.2) is 4.39 Å². The smallest absolute Gasteiger partial charge is 0.236 e. The van der Waals surface area contributed by atoms with Crippen LogP contribution in [0.4, 0.5) is 10.1 Å². The molecule has 4 nitrogen and oxygen atoms in total. The molecule has 0 bridgehead atoms. The third-order valence-corrected chi connectivity index (χ3v) is 2.66. The van der Waals surface area contributed by atoms with Crippen LogP contribution >= 0.6 is 0 Å². The van der Waals surface area contributed by atoms with E-state index < -0.39 is 5.91 Å². The Labute approximate surface area is 107 Å². The van der Waals surface area contributed by atoms with Crippen LogP contribution < -0.4 is 16.0 Å². The van der Waals surface area contributed by atoms with E-state index in [9.17, 15) is 9.18 Å². The first-order valence-corrected chi connectivity index (χ1v) is 6.10. The van der Waals surface area contributed by atoms with Crippen molar-refractivity contribution in [2.24, 2.45) is 5.73 Å². The third-order valence-electron chi connectivity index (χ3n) is 2.66. The SMILES string of the molecule is CCNCc1ccc(N(CC)CC(N)=O)c(F)c1. The molecule has 0 spiro atoms. The summed E-state index contributed by atoms with van der Waals surface area (Å²) in [5.41, 5.74) is 6.43. The molecule has 0 radical (unpaired) electrons. The first-order valence-electron chi connectivity index (χ1n) is 6.10. The van der Waals surface area contributed by atoms with Gasteiger partial charge in [0.2, 0.25) is 5.91 Å². The van der Waals surface area contributed by atoms with Crippen molar-refractivity contribution in [2.45, 2.75) is 20.4 Å². The van der Waals surface area contributed by atoms with Crippen LogP contribution in [0.3, 0.4) is 0 Å². The summed E-state index contributed by atoms with van der Waals surface area (Å²) >= 11 is 0. The topological polar surface area (TPSA) is 58.4 Å². The zero-order valence-electron chi connectivity index (χ0n) is 10.9. The number of hydrogen-bond acceptors (Lipinski definition) is 3. The fourth-order valence-electron chi connectivity index (χ4n) is 1.74. The molecule has 0 aliphatic carbocycles. The Balaban J connectivity index is 2.85. The van der Waals surface area contributed by atoms with E-state index >= 15 is 0 Å². The molecule has 18 heavy (non-hydrogen) atoms. The number of rotatable bonds is 7. The molecule has 1 rings (SSSR count). The van der Waals surface area contributed by atoms with Gasteiger partial charge in [-0.3, -0.25) is 4.79 Å². The maximum atomic E-state index is 13.9. The van der Waals surface area contributed by atoms with Crippen LogP contribution in [0.15, 0.2) is 18.2 Å². The van der Waals surface area contributed by atoms with Gasteiger partial charge in [0.05, 0.1) is 12.2 Å². The molecule has 1 amide bonds. The summed E-state index contributed by atoms with van der Waals surface area (Å²) in [6.45, 7) is 5.89. The number of nitrogens with one attached hydrogen (secondary N) is 1. The van der Waals surface area contributed by atoms with Crippen molar-refractivity contribution in [1.29, 1.82) is 0 Å². The first-order chi connectivity index (χ1) is 8.58. The highest BCUT2D eigenvalue weighted by Crippen LogP contribution is 2.20. The number of anilines is 1. The number of carbonyl (C=O) groups is 1. The third kappa shape index (κ3) is 4.00. The minimum Gasteiger partial charge on any atom is -0.368 e. The Morgan fingerprint density at radius 1 is 1.44 bits per heavy atom. The predicted molar refractivity (Wildman–Crippen MR) is 70.9 cm³/mol. The number of amides is 1. The van der Waals surface area contributed by atoms with Crippen LogP contribution in [0, 0.1) is 5.82 Å². The lowest BCUT2D eigenvalue weighted by Crippen LogP contribution is -2.34. The Morgan fingerprint density at radius 3 is 2.67 bits per heavy atom. The number of nitrogens with two attached hydrogens (primary N) is 1. The maximum Gasteiger partial charge on any atom is 0.236 e. The number of primary amides is 1. The number of benzene rings is 1. The molecule has 0 aliphatic rings. The van der Waals surface area contributed by atoms with E-state index in [1.165, 1.54) is 6.07 Å². The standard InChI is InChI=1S/C13H20FN3O/c1-3-16-8-10-5-6-12(11(14)7-10)17(4-2)9-13(15)18/h5-7,16H,3-4,8-9H2,1-2H3,(H2,15,18).